The largest absolute Gasteiger partial charge is 0.332 e. The van der Waals surface area contributed by atoms with E-state index in [2.05, 4.69) is 40.9 Å². The molecule has 10 heteroatoms. The lowest BCUT2D eigenvalue weighted by Crippen LogP contribution is -2.44. The first-order chi connectivity index (χ1) is 12.3. The molecule has 1 aliphatic rings. The highest BCUT2D eigenvalue weighted by Gasteiger charge is 2.16. The van der Waals surface area contributed by atoms with Crippen LogP contribution in [0.25, 0.3) is 23.1 Å². The maximum atomic E-state index is 5.28. The van der Waals surface area contributed by atoms with Crippen LogP contribution in [0.4, 0.5) is 0 Å². The molecule has 0 aromatic carbocycles. The molecule has 0 saturated carbocycles. The van der Waals surface area contributed by atoms with E-state index in [1.165, 1.54) is 0 Å². The van der Waals surface area contributed by atoms with Gasteiger partial charge in [-0.05, 0) is 19.1 Å². The van der Waals surface area contributed by atoms with Crippen molar-refractivity contribution in [3.8, 4) is 23.1 Å². The van der Waals surface area contributed by atoms with Gasteiger partial charge in [0, 0.05) is 32.7 Å². The van der Waals surface area contributed by atoms with Crippen molar-refractivity contribution < 1.29 is 4.52 Å². The van der Waals surface area contributed by atoms with Crippen LogP contribution in [-0.4, -0.2) is 73.0 Å². The summed E-state index contributed by atoms with van der Waals surface area (Å²) in [7, 11) is 0. The van der Waals surface area contributed by atoms with Crippen molar-refractivity contribution in [1.29, 1.82) is 0 Å². The first-order valence-electron chi connectivity index (χ1n) is 8.26. The molecule has 4 rings (SSSR count). The molecule has 0 amide bonds. The van der Waals surface area contributed by atoms with Gasteiger partial charge in [0.25, 0.3) is 5.89 Å². The minimum absolute atomic E-state index is 0.325. The Morgan fingerprint density at radius 3 is 2.76 bits per heavy atom. The van der Waals surface area contributed by atoms with Crippen LogP contribution >= 0.6 is 0 Å². The predicted octanol–water partition coefficient (Wildman–Crippen LogP) is -0.00128. The lowest BCUT2D eigenvalue weighted by molar-refractivity contribution is 0.228. The third-order valence-corrected chi connectivity index (χ3v) is 4.07. The Kier molecular flexibility index (Phi) is 4.44. The van der Waals surface area contributed by atoms with Gasteiger partial charge in [0.2, 0.25) is 5.82 Å². The van der Waals surface area contributed by atoms with Crippen molar-refractivity contribution >= 4 is 0 Å². The molecule has 25 heavy (non-hydrogen) atoms. The topological polar surface area (TPSA) is 111 Å². The van der Waals surface area contributed by atoms with Gasteiger partial charge in [-0.3, -0.25) is 9.58 Å². The lowest BCUT2D eigenvalue weighted by atomic mass is 10.3. The van der Waals surface area contributed by atoms with Gasteiger partial charge >= 0.3 is 0 Å². The molecule has 0 aliphatic carbocycles. The number of rotatable bonds is 5. The van der Waals surface area contributed by atoms with Crippen LogP contribution in [0.5, 0.6) is 0 Å². The molecule has 4 heterocycles. The Hall–Kier alpha value is -2.72. The molecule has 1 fully saturated rings. The molecule has 1 N–H and O–H groups in total. The smallest absolute Gasteiger partial charge is 0.280 e. The fourth-order valence-corrected chi connectivity index (χ4v) is 2.63. The maximum Gasteiger partial charge on any atom is 0.280 e. The van der Waals surface area contributed by atoms with E-state index in [1.54, 1.807) is 10.7 Å². The first kappa shape index (κ1) is 15.8. The summed E-state index contributed by atoms with van der Waals surface area (Å²) in [6.07, 6.45) is 1.82. The fourth-order valence-electron chi connectivity index (χ4n) is 2.63. The number of aromatic nitrogens is 7. The minimum atomic E-state index is 0.325. The Morgan fingerprint density at radius 2 is 1.96 bits per heavy atom. The quantitative estimate of drug-likeness (QED) is 0.685. The van der Waals surface area contributed by atoms with E-state index in [-0.39, 0.29) is 0 Å². The van der Waals surface area contributed by atoms with Crippen molar-refractivity contribution in [1.82, 2.24) is 45.5 Å². The normalized spacial score (nSPS) is 15.6. The summed E-state index contributed by atoms with van der Waals surface area (Å²) in [6, 6.07) is 3.66. The Balaban J connectivity index is 1.42. The van der Waals surface area contributed by atoms with Crippen molar-refractivity contribution in [2.75, 3.05) is 32.7 Å². The van der Waals surface area contributed by atoms with Crippen LogP contribution in [-0.2, 0) is 6.54 Å². The number of nitrogens with zero attached hydrogens (tertiary/aromatic N) is 8. The molecule has 0 radical (unpaired) electrons. The van der Waals surface area contributed by atoms with E-state index >= 15 is 0 Å². The van der Waals surface area contributed by atoms with Gasteiger partial charge in [-0.1, -0.05) is 10.4 Å². The number of piperazine rings is 1. The van der Waals surface area contributed by atoms with E-state index < -0.39 is 0 Å². The second-order valence-electron chi connectivity index (χ2n) is 5.94. The monoisotopic (exact) mass is 341 g/mol. The molecule has 3 aromatic heterocycles. The molecule has 0 atom stereocenters. The summed E-state index contributed by atoms with van der Waals surface area (Å²) in [5.41, 5.74) is 1.95. The summed E-state index contributed by atoms with van der Waals surface area (Å²) >= 11 is 0. The highest BCUT2D eigenvalue weighted by atomic mass is 16.5. The summed E-state index contributed by atoms with van der Waals surface area (Å²) < 4.78 is 7.08. The molecular formula is C15H19N9O. The van der Waals surface area contributed by atoms with Gasteiger partial charge in [0.15, 0.2) is 5.69 Å². The first-order valence-corrected chi connectivity index (χ1v) is 8.26. The molecule has 1 aliphatic heterocycles. The zero-order valence-electron chi connectivity index (χ0n) is 14.0. The Morgan fingerprint density at radius 1 is 1.08 bits per heavy atom. The van der Waals surface area contributed by atoms with Crippen LogP contribution in [0.2, 0.25) is 0 Å². The zero-order valence-corrected chi connectivity index (χ0v) is 14.0. The number of hydrogen-bond donors (Lipinski definition) is 1. The van der Waals surface area contributed by atoms with Crippen molar-refractivity contribution in [2.45, 2.75) is 13.5 Å². The molecule has 130 valence electrons. The molecule has 0 spiro atoms. The standard InChI is InChI=1S/C15H19N9O/c1-11-2-3-12(19-18-11)14-17-15(25-21-14)13-10-24(22-20-13)9-8-23-6-4-16-5-7-23/h2-3,10,16H,4-9H2,1H3. The molecule has 1 saturated heterocycles. The Labute approximate surface area is 144 Å². The Bertz CT molecular complexity index is 820. The van der Waals surface area contributed by atoms with E-state index in [4.69, 9.17) is 4.52 Å². The zero-order chi connectivity index (χ0) is 17.1. The molecule has 0 unspecified atom stereocenters. The second-order valence-corrected chi connectivity index (χ2v) is 5.94. The van der Waals surface area contributed by atoms with Crippen molar-refractivity contribution in [2.24, 2.45) is 0 Å². The van der Waals surface area contributed by atoms with Crippen molar-refractivity contribution in [3.63, 3.8) is 0 Å². The number of hydrogen-bond acceptors (Lipinski definition) is 9. The minimum Gasteiger partial charge on any atom is -0.332 e. The second kappa shape index (κ2) is 7.03. The molecule has 3 aromatic rings. The van der Waals surface area contributed by atoms with E-state index in [1.807, 2.05) is 19.2 Å². The molecule has 0 bridgehead atoms. The van der Waals surface area contributed by atoms with Gasteiger partial charge in [-0.2, -0.15) is 10.1 Å². The van der Waals surface area contributed by atoms with Gasteiger partial charge in [0.05, 0.1) is 18.4 Å². The summed E-state index contributed by atoms with van der Waals surface area (Å²) in [5.74, 6) is 0.712. The van der Waals surface area contributed by atoms with E-state index in [0.717, 1.165) is 45.0 Å². The summed E-state index contributed by atoms with van der Waals surface area (Å²) in [5, 5.41) is 23.6. The fraction of sp³-hybridized carbons (Fsp3) is 0.467. The highest BCUT2D eigenvalue weighted by molar-refractivity contribution is 5.52. The average molecular weight is 341 g/mol. The third kappa shape index (κ3) is 3.69. The van der Waals surface area contributed by atoms with Gasteiger partial charge < -0.3 is 9.84 Å². The van der Waals surface area contributed by atoms with Crippen LogP contribution in [0.1, 0.15) is 5.69 Å². The van der Waals surface area contributed by atoms with Crippen LogP contribution < -0.4 is 5.32 Å². The van der Waals surface area contributed by atoms with Crippen LogP contribution in [0.15, 0.2) is 22.9 Å². The van der Waals surface area contributed by atoms with Crippen molar-refractivity contribution in [3.05, 3.63) is 24.0 Å². The SMILES string of the molecule is Cc1ccc(-c2noc(-c3cn(CCN4CCNCC4)nn3)n2)nn1. The number of aryl methyl sites for hydroxylation is 1. The predicted molar refractivity (Wildman–Crippen MR) is 88.4 cm³/mol. The van der Waals surface area contributed by atoms with Gasteiger partial charge in [-0.15, -0.1) is 10.2 Å². The molecular weight excluding hydrogens is 322 g/mol. The number of nitrogens with one attached hydrogen (secondary N) is 1. The average Bonchev–Trinajstić information content (AvgIpc) is 3.31. The lowest BCUT2D eigenvalue weighted by Gasteiger charge is -2.26. The molecule has 10 nitrogen and oxygen atoms in total. The van der Waals surface area contributed by atoms with Gasteiger partial charge in [-0.25, -0.2) is 0 Å². The summed E-state index contributed by atoms with van der Waals surface area (Å²) in [6.45, 7) is 7.79. The maximum absolute atomic E-state index is 5.28. The highest BCUT2D eigenvalue weighted by Crippen LogP contribution is 2.18. The third-order valence-electron chi connectivity index (χ3n) is 4.07. The van der Waals surface area contributed by atoms with E-state index in [9.17, 15) is 0 Å². The van der Waals surface area contributed by atoms with E-state index in [0.29, 0.717) is 23.1 Å². The van der Waals surface area contributed by atoms with Crippen LogP contribution in [0.3, 0.4) is 0 Å². The van der Waals surface area contributed by atoms with Crippen LogP contribution in [0, 0.1) is 6.92 Å². The van der Waals surface area contributed by atoms with Gasteiger partial charge in [0.1, 0.15) is 5.69 Å². The summed E-state index contributed by atoms with van der Waals surface area (Å²) in [4.78, 5) is 6.73.